The van der Waals surface area contributed by atoms with Crippen LogP contribution in [0.4, 0.5) is 10.1 Å². The van der Waals surface area contributed by atoms with Crippen molar-refractivity contribution in [3.63, 3.8) is 0 Å². The minimum absolute atomic E-state index is 0.0542. The highest BCUT2D eigenvalue weighted by Crippen LogP contribution is 2.35. The number of halogens is 1. The van der Waals surface area contributed by atoms with Crippen molar-refractivity contribution < 1.29 is 12.8 Å². The molecule has 5 aromatic heterocycles. The molecule has 0 aliphatic carbocycles. The van der Waals surface area contributed by atoms with Gasteiger partial charge in [0, 0.05) is 46.7 Å². The first-order chi connectivity index (χ1) is 18.2. The van der Waals surface area contributed by atoms with Crippen LogP contribution in [0.1, 0.15) is 5.56 Å². The van der Waals surface area contributed by atoms with Crippen LogP contribution in [0.5, 0.6) is 0 Å². The van der Waals surface area contributed by atoms with Crippen LogP contribution in [-0.4, -0.2) is 50.6 Å². The van der Waals surface area contributed by atoms with Gasteiger partial charge in [-0.1, -0.05) is 6.07 Å². The van der Waals surface area contributed by atoms with Crippen LogP contribution in [-0.2, 0) is 16.3 Å². The number of benzene rings is 1. The van der Waals surface area contributed by atoms with Gasteiger partial charge in [0.15, 0.2) is 0 Å². The molecule has 0 saturated carbocycles. The lowest BCUT2D eigenvalue weighted by Crippen LogP contribution is -2.06. The molecule has 0 unspecified atom stereocenters. The van der Waals surface area contributed by atoms with E-state index in [2.05, 4.69) is 30.1 Å². The van der Waals surface area contributed by atoms with Gasteiger partial charge in [0.1, 0.15) is 21.3 Å². The summed E-state index contributed by atoms with van der Waals surface area (Å²) in [7, 11) is -3.17. The third kappa shape index (κ3) is 4.59. The van der Waals surface area contributed by atoms with Gasteiger partial charge < -0.3 is 10.7 Å². The van der Waals surface area contributed by atoms with Gasteiger partial charge in [0.25, 0.3) is 0 Å². The molecule has 9 nitrogen and oxygen atoms in total. The predicted octanol–water partition coefficient (Wildman–Crippen LogP) is 4.54. The van der Waals surface area contributed by atoms with E-state index >= 15 is 0 Å². The van der Waals surface area contributed by atoms with Crippen LogP contribution < -0.4 is 5.73 Å². The number of hydrogen-bond acceptors (Lipinski definition) is 7. The average Bonchev–Trinajstić information content (AvgIpc) is 3.50. The fourth-order valence-corrected chi connectivity index (χ4v) is 5.15. The van der Waals surface area contributed by atoms with E-state index in [0.29, 0.717) is 28.2 Å². The Morgan fingerprint density at radius 3 is 2.55 bits per heavy atom. The lowest BCUT2D eigenvalue weighted by atomic mass is 10.0. The molecule has 0 amide bonds. The Labute approximate surface area is 216 Å². The Bertz CT molecular complexity index is 1950. The third-order valence-electron chi connectivity index (χ3n) is 6.33. The number of pyridine rings is 3. The number of rotatable bonds is 6. The molecule has 4 N–H and O–H groups in total. The molecule has 5 heterocycles. The lowest BCUT2D eigenvalue weighted by molar-refractivity contribution is 0.600. The number of aromatic amines is 2. The van der Waals surface area contributed by atoms with Crippen molar-refractivity contribution in [2.24, 2.45) is 0 Å². The first-order valence-electron chi connectivity index (χ1n) is 11.7. The predicted molar refractivity (Wildman–Crippen MR) is 145 cm³/mol. The van der Waals surface area contributed by atoms with Gasteiger partial charge in [-0.15, -0.1) is 0 Å². The molecule has 0 aliphatic rings. The van der Waals surface area contributed by atoms with Crippen molar-refractivity contribution in [1.82, 2.24) is 30.1 Å². The minimum Gasteiger partial charge on any atom is -0.397 e. The van der Waals surface area contributed by atoms with E-state index in [0.717, 1.165) is 38.6 Å². The van der Waals surface area contributed by atoms with E-state index in [4.69, 9.17) is 5.73 Å². The summed E-state index contributed by atoms with van der Waals surface area (Å²) in [5.41, 5.74) is 12.8. The third-order valence-corrected chi connectivity index (χ3v) is 7.28. The summed E-state index contributed by atoms with van der Waals surface area (Å²) in [4.78, 5) is 16.4. The summed E-state index contributed by atoms with van der Waals surface area (Å²) in [6.07, 6.45) is 9.76. The number of aryl methyl sites for hydroxylation is 1. The van der Waals surface area contributed by atoms with Gasteiger partial charge in [0.2, 0.25) is 0 Å². The van der Waals surface area contributed by atoms with Gasteiger partial charge in [-0.3, -0.25) is 20.1 Å². The number of nitrogen functional groups attached to an aromatic ring is 1. The molecule has 6 rings (SSSR count). The maximum absolute atomic E-state index is 14.5. The summed E-state index contributed by atoms with van der Waals surface area (Å²) >= 11 is 0. The average molecular weight is 528 g/mol. The molecular formula is C27H22FN7O2S. The van der Waals surface area contributed by atoms with Gasteiger partial charge in [-0.2, -0.15) is 5.10 Å². The highest BCUT2D eigenvalue weighted by molar-refractivity contribution is 7.90. The van der Waals surface area contributed by atoms with E-state index in [1.165, 1.54) is 18.4 Å². The van der Waals surface area contributed by atoms with E-state index in [1.54, 1.807) is 37.1 Å². The van der Waals surface area contributed by atoms with Gasteiger partial charge >= 0.3 is 0 Å². The summed E-state index contributed by atoms with van der Waals surface area (Å²) in [6, 6.07) is 10.3. The number of sulfone groups is 1. The zero-order chi connectivity index (χ0) is 26.4. The van der Waals surface area contributed by atoms with Crippen LogP contribution in [0.2, 0.25) is 0 Å². The fourth-order valence-electron chi connectivity index (χ4n) is 4.54. The molecule has 6 aromatic rings. The van der Waals surface area contributed by atoms with Crippen molar-refractivity contribution in [3.05, 3.63) is 78.8 Å². The number of nitrogens with two attached hydrogens (primary N) is 1. The van der Waals surface area contributed by atoms with Crippen LogP contribution >= 0.6 is 0 Å². The van der Waals surface area contributed by atoms with Gasteiger partial charge in [0.05, 0.1) is 46.3 Å². The van der Waals surface area contributed by atoms with Crippen LogP contribution in [0, 0.1) is 5.82 Å². The highest BCUT2D eigenvalue weighted by Gasteiger charge is 2.16. The second kappa shape index (κ2) is 9.03. The number of H-pyrrole nitrogens is 2. The zero-order valence-corrected chi connectivity index (χ0v) is 21.1. The van der Waals surface area contributed by atoms with E-state index in [1.807, 2.05) is 18.2 Å². The monoisotopic (exact) mass is 527 g/mol. The number of hydrogen-bond donors (Lipinski definition) is 3. The molecule has 11 heteroatoms. The van der Waals surface area contributed by atoms with Crippen molar-refractivity contribution in [3.8, 4) is 33.8 Å². The Hall–Kier alpha value is -4.64. The number of anilines is 1. The molecular weight excluding hydrogens is 505 g/mol. The first-order valence-corrected chi connectivity index (χ1v) is 13.8. The number of nitrogens with zero attached hydrogens (tertiary/aromatic N) is 4. The first kappa shape index (κ1) is 23.7. The molecule has 0 fully saturated rings. The second-order valence-electron chi connectivity index (χ2n) is 9.25. The lowest BCUT2D eigenvalue weighted by Gasteiger charge is -2.07. The Morgan fingerprint density at radius 1 is 0.895 bits per heavy atom. The van der Waals surface area contributed by atoms with E-state index < -0.39 is 15.7 Å². The number of nitrogens with one attached hydrogen (secondary N) is 2. The summed E-state index contributed by atoms with van der Waals surface area (Å²) in [5, 5.41) is 9.23. The number of aromatic nitrogens is 6. The van der Waals surface area contributed by atoms with E-state index in [9.17, 15) is 12.8 Å². The SMILES string of the molecule is CS(=O)(=O)CCc1cc(F)cc(-c2cncc3[nH]c(-c4n[nH]c5cnc(-c6cncc(N)c6)cc45)cc23)c1. The van der Waals surface area contributed by atoms with Crippen molar-refractivity contribution in [2.75, 3.05) is 17.7 Å². The molecule has 0 aliphatic heterocycles. The van der Waals surface area contributed by atoms with Crippen LogP contribution in [0.15, 0.2) is 67.4 Å². The molecule has 0 atom stereocenters. The van der Waals surface area contributed by atoms with Gasteiger partial charge in [-0.25, -0.2) is 12.8 Å². The summed E-state index contributed by atoms with van der Waals surface area (Å²) in [5.74, 6) is -0.491. The quantitative estimate of drug-likeness (QED) is 0.288. The van der Waals surface area contributed by atoms with Gasteiger partial charge in [-0.05, 0) is 47.9 Å². The Balaban J connectivity index is 1.43. The normalized spacial score (nSPS) is 11.9. The fraction of sp³-hybridized carbons (Fsp3) is 0.111. The maximum atomic E-state index is 14.5. The molecule has 1 aromatic carbocycles. The highest BCUT2D eigenvalue weighted by atomic mass is 32.2. The summed E-state index contributed by atoms with van der Waals surface area (Å²) < 4.78 is 37.8. The Morgan fingerprint density at radius 2 is 1.74 bits per heavy atom. The second-order valence-corrected chi connectivity index (χ2v) is 11.5. The maximum Gasteiger partial charge on any atom is 0.147 e. The standard InChI is InChI=1S/C27H22FN7O2S/c1-38(36,37)3-2-15-4-16(6-18(28)5-15)22-12-31-13-25-20(22)8-24(33-25)27-21-9-23(32-14-26(21)34-35-27)17-7-19(29)11-30-10-17/h4-14,33H,2-3,29H2,1H3,(H,34,35). The minimum atomic E-state index is -3.17. The number of fused-ring (bicyclic) bond motifs is 2. The Kier molecular flexibility index (Phi) is 5.64. The summed E-state index contributed by atoms with van der Waals surface area (Å²) in [6.45, 7) is 0. The van der Waals surface area contributed by atoms with E-state index in [-0.39, 0.29) is 12.2 Å². The van der Waals surface area contributed by atoms with Crippen molar-refractivity contribution in [1.29, 1.82) is 0 Å². The molecule has 38 heavy (non-hydrogen) atoms. The molecule has 190 valence electrons. The zero-order valence-electron chi connectivity index (χ0n) is 20.2. The molecule has 0 saturated heterocycles. The molecule has 0 radical (unpaired) electrons. The topological polar surface area (TPSA) is 143 Å². The largest absolute Gasteiger partial charge is 0.397 e. The van der Waals surface area contributed by atoms with Crippen LogP contribution in [0.3, 0.4) is 0 Å². The van der Waals surface area contributed by atoms with Crippen molar-refractivity contribution in [2.45, 2.75) is 6.42 Å². The van der Waals surface area contributed by atoms with Crippen LogP contribution in [0.25, 0.3) is 55.6 Å². The van der Waals surface area contributed by atoms with Crippen molar-refractivity contribution >= 4 is 37.3 Å². The smallest absolute Gasteiger partial charge is 0.147 e. The molecule has 0 spiro atoms. The molecule has 0 bridgehead atoms.